The average Bonchev–Trinajstić information content (AvgIpc) is 2.32. The minimum Gasteiger partial charge on any atom is -0.263 e. The SMILES string of the molecule is C=C(C)c1ccnn1C(C)C. The first kappa shape index (κ1) is 8.05. The maximum atomic E-state index is 4.19. The van der Waals surface area contributed by atoms with E-state index in [0.717, 1.165) is 11.3 Å². The van der Waals surface area contributed by atoms with Crippen LogP contribution in [-0.4, -0.2) is 9.78 Å². The minimum atomic E-state index is 0.414. The Morgan fingerprint density at radius 3 is 2.64 bits per heavy atom. The Morgan fingerprint density at radius 2 is 2.27 bits per heavy atom. The lowest BCUT2D eigenvalue weighted by atomic mass is 10.2. The number of hydrogen-bond acceptors (Lipinski definition) is 1. The summed E-state index contributed by atoms with van der Waals surface area (Å²) in [5.74, 6) is 0. The van der Waals surface area contributed by atoms with Crippen LogP contribution in [0.1, 0.15) is 32.5 Å². The molecule has 0 aliphatic rings. The normalized spacial score (nSPS) is 10.5. The molecule has 0 saturated heterocycles. The predicted molar refractivity (Wildman–Crippen MR) is 47.3 cm³/mol. The summed E-state index contributed by atoms with van der Waals surface area (Å²) >= 11 is 0. The van der Waals surface area contributed by atoms with Crippen LogP contribution in [-0.2, 0) is 0 Å². The Kier molecular flexibility index (Phi) is 2.13. The van der Waals surface area contributed by atoms with Crippen LogP contribution in [0.25, 0.3) is 5.57 Å². The molecule has 1 rings (SSSR count). The fraction of sp³-hybridized carbons (Fsp3) is 0.444. The number of hydrogen-bond donors (Lipinski definition) is 0. The van der Waals surface area contributed by atoms with Crippen molar-refractivity contribution < 1.29 is 0 Å². The van der Waals surface area contributed by atoms with E-state index in [1.54, 1.807) is 0 Å². The molecule has 11 heavy (non-hydrogen) atoms. The molecule has 1 aromatic heterocycles. The molecule has 0 amide bonds. The molecule has 0 atom stereocenters. The van der Waals surface area contributed by atoms with Gasteiger partial charge >= 0.3 is 0 Å². The van der Waals surface area contributed by atoms with Gasteiger partial charge in [0.25, 0.3) is 0 Å². The molecule has 2 nitrogen and oxygen atoms in total. The molecule has 0 saturated carbocycles. The van der Waals surface area contributed by atoms with E-state index in [-0.39, 0.29) is 0 Å². The van der Waals surface area contributed by atoms with Crippen LogP contribution in [0, 0.1) is 0 Å². The maximum absolute atomic E-state index is 4.19. The number of nitrogens with zero attached hydrogens (tertiary/aromatic N) is 2. The lowest BCUT2D eigenvalue weighted by Crippen LogP contribution is -2.05. The Hall–Kier alpha value is -1.05. The number of rotatable bonds is 2. The third-order valence-corrected chi connectivity index (χ3v) is 1.60. The van der Waals surface area contributed by atoms with Crippen molar-refractivity contribution in [2.24, 2.45) is 0 Å². The third-order valence-electron chi connectivity index (χ3n) is 1.60. The van der Waals surface area contributed by atoms with E-state index in [1.165, 1.54) is 0 Å². The first-order valence-electron chi connectivity index (χ1n) is 3.82. The molecule has 0 bridgehead atoms. The predicted octanol–water partition coefficient (Wildman–Crippen LogP) is 2.50. The van der Waals surface area contributed by atoms with Crippen molar-refractivity contribution in [3.8, 4) is 0 Å². The second-order valence-corrected chi connectivity index (χ2v) is 3.04. The largest absolute Gasteiger partial charge is 0.263 e. The summed E-state index contributed by atoms with van der Waals surface area (Å²) < 4.78 is 1.97. The lowest BCUT2D eigenvalue weighted by Gasteiger charge is -2.09. The topological polar surface area (TPSA) is 17.8 Å². The fourth-order valence-electron chi connectivity index (χ4n) is 1.06. The van der Waals surface area contributed by atoms with Crippen LogP contribution >= 0.6 is 0 Å². The van der Waals surface area contributed by atoms with Crippen molar-refractivity contribution in [2.75, 3.05) is 0 Å². The van der Waals surface area contributed by atoms with Gasteiger partial charge in [0.05, 0.1) is 5.69 Å². The van der Waals surface area contributed by atoms with Crippen LogP contribution < -0.4 is 0 Å². The van der Waals surface area contributed by atoms with Gasteiger partial charge in [-0.2, -0.15) is 5.10 Å². The van der Waals surface area contributed by atoms with Gasteiger partial charge in [0.15, 0.2) is 0 Å². The van der Waals surface area contributed by atoms with Gasteiger partial charge in [-0.1, -0.05) is 6.58 Å². The molecular weight excluding hydrogens is 136 g/mol. The van der Waals surface area contributed by atoms with Gasteiger partial charge in [-0.05, 0) is 32.4 Å². The summed E-state index contributed by atoms with van der Waals surface area (Å²) in [5, 5.41) is 4.19. The van der Waals surface area contributed by atoms with Gasteiger partial charge < -0.3 is 0 Å². The maximum Gasteiger partial charge on any atom is 0.0636 e. The van der Waals surface area contributed by atoms with Gasteiger partial charge in [0.2, 0.25) is 0 Å². The van der Waals surface area contributed by atoms with Gasteiger partial charge in [-0.15, -0.1) is 0 Å². The molecule has 0 unspecified atom stereocenters. The molecular formula is C9H14N2. The van der Waals surface area contributed by atoms with E-state index < -0.39 is 0 Å². The molecule has 0 aromatic carbocycles. The van der Waals surface area contributed by atoms with Crippen molar-refractivity contribution in [2.45, 2.75) is 26.8 Å². The van der Waals surface area contributed by atoms with Crippen LogP contribution in [0.2, 0.25) is 0 Å². The Labute approximate surface area is 67.5 Å². The smallest absolute Gasteiger partial charge is 0.0636 e. The van der Waals surface area contributed by atoms with E-state index >= 15 is 0 Å². The minimum absolute atomic E-state index is 0.414. The van der Waals surface area contributed by atoms with Crippen LogP contribution in [0.3, 0.4) is 0 Å². The third kappa shape index (κ3) is 1.50. The summed E-state index contributed by atoms with van der Waals surface area (Å²) in [7, 11) is 0. The second kappa shape index (κ2) is 2.91. The van der Waals surface area contributed by atoms with E-state index in [9.17, 15) is 0 Å². The zero-order valence-electron chi connectivity index (χ0n) is 7.33. The molecule has 0 aliphatic heterocycles. The van der Waals surface area contributed by atoms with Gasteiger partial charge in [-0.25, -0.2) is 0 Å². The highest BCUT2D eigenvalue weighted by Crippen LogP contribution is 2.14. The fourth-order valence-corrected chi connectivity index (χ4v) is 1.06. The van der Waals surface area contributed by atoms with Crippen LogP contribution in [0.15, 0.2) is 18.8 Å². The van der Waals surface area contributed by atoms with Crippen molar-refractivity contribution in [3.05, 3.63) is 24.5 Å². The Bertz CT molecular complexity index is 258. The van der Waals surface area contributed by atoms with Crippen molar-refractivity contribution in [3.63, 3.8) is 0 Å². The molecule has 1 aromatic rings. The lowest BCUT2D eigenvalue weighted by molar-refractivity contribution is 0.527. The molecule has 0 aliphatic carbocycles. The van der Waals surface area contributed by atoms with Crippen molar-refractivity contribution in [1.82, 2.24) is 9.78 Å². The second-order valence-electron chi connectivity index (χ2n) is 3.04. The van der Waals surface area contributed by atoms with E-state index in [4.69, 9.17) is 0 Å². The molecule has 60 valence electrons. The average molecular weight is 150 g/mol. The highest BCUT2D eigenvalue weighted by molar-refractivity contribution is 5.57. The van der Waals surface area contributed by atoms with E-state index in [2.05, 4.69) is 25.5 Å². The first-order valence-corrected chi connectivity index (χ1v) is 3.82. The van der Waals surface area contributed by atoms with E-state index in [0.29, 0.717) is 6.04 Å². The van der Waals surface area contributed by atoms with Crippen LogP contribution in [0.5, 0.6) is 0 Å². The molecule has 2 heteroatoms. The summed E-state index contributed by atoms with van der Waals surface area (Å²) in [6.45, 7) is 10.1. The van der Waals surface area contributed by atoms with Gasteiger partial charge in [-0.3, -0.25) is 4.68 Å². The van der Waals surface area contributed by atoms with Crippen molar-refractivity contribution in [1.29, 1.82) is 0 Å². The molecule has 0 radical (unpaired) electrons. The molecule has 0 fully saturated rings. The van der Waals surface area contributed by atoms with Crippen molar-refractivity contribution >= 4 is 5.57 Å². The summed E-state index contributed by atoms with van der Waals surface area (Å²) in [6.07, 6.45) is 1.81. The highest BCUT2D eigenvalue weighted by atomic mass is 15.3. The molecule has 1 heterocycles. The zero-order valence-corrected chi connectivity index (χ0v) is 7.33. The van der Waals surface area contributed by atoms with Gasteiger partial charge in [0, 0.05) is 12.2 Å². The highest BCUT2D eigenvalue weighted by Gasteiger charge is 2.04. The van der Waals surface area contributed by atoms with E-state index in [1.807, 2.05) is 23.9 Å². The number of allylic oxidation sites excluding steroid dienone is 1. The first-order chi connectivity index (χ1) is 5.13. The van der Waals surface area contributed by atoms with Crippen LogP contribution in [0.4, 0.5) is 0 Å². The summed E-state index contributed by atoms with van der Waals surface area (Å²) in [5.41, 5.74) is 2.19. The number of aromatic nitrogens is 2. The molecule has 0 spiro atoms. The quantitative estimate of drug-likeness (QED) is 0.633. The van der Waals surface area contributed by atoms with Gasteiger partial charge in [0.1, 0.15) is 0 Å². The standard InChI is InChI=1S/C9H14N2/c1-7(2)9-5-6-10-11(9)8(3)4/h5-6,8H,1H2,2-4H3. The summed E-state index contributed by atoms with van der Waals surface area (Å²) in [4.78, 5) is 0. The monoisotopic (exact) mass is 150 g/mol. The zero-order chi connectivity index (χ0) is 8.43. The Morgan fingerprint density at radius 1 is 1.64 bits per heavy atom. The summed E-state index contributed by atoms with van der Waals surface area (Å²) in [6, 6.07) is 2.40. The Balaban J connectivity index is 3.06. The molecule has 0 N–H and O–H groups in total.